The fraction of sp³-hybridized carbons (Fsp3) is 0.111. The number of hydrogen-bond donors (Lipinski definition) is 1. The Morgan fingerprint density at radius 3 is 2.46 bits per heavy atom. The zero-order valence-corrected chi connectivity index (χ0v) is 20.8. The van der Waals surface area contributed by atoms with Crippen LogP contribution in [0.5, 0.6) is 0 Å². The molecule has 8 heteroatoms. The van der Waals surface area contributed by atoms with Crippen molar-refractivity contribution in [1.82, 2.24) is 14.5 Å². The van der Waals surface area contributed by atoms with Gasteiger partial charge in [0.1, 0.15) is 0 Å². The molecule has 0 aliphatic heterocycles. The van der Waals surface area contributed by atoms with Crippen molar-refractivity contribution >= 4 is 45.0 Å². The third-order valence-electron chi connectivity index (χ3n) is 5.49. The van der Waals surface area contributed by atoms with Crippen LogP contribution in [0.15, 0.2) is 94.2 Å². The molecule has 3 aromatic carbocycles. The zero-order valence-electron chi connectivity index (χ0n) is 19.1. The number of nitrogens with zero attached hydrogens (tertiary/aromatic N) is 3. The van der Waals surface area contributed by atoms with Gasteiger partial charge in [0.15, 0.2) is 10.3 Å². The molecule has 1 N–H and O–H groups in total. The Labute approximate surface area is 210 Å². The SMILES string of the molecule is Cc1ccc(-n2c(S[C@H](C)C(=O)Nc3nc(-c4ccccc4)cs3)nc3ccccc3c2=O)cc1. The second-order valence-corrected chi connectivity index (χ2v) is 10.2. The number of carbonyl (C=O) groups excluding carboxylic acids is 1. The Morgan fingerprint density at radius 1 is 0.971 bits per heavy atom. The van der Waals surface area contributed by atoms with Crippen LogP contribution in [0.1, 0.15) is 12.5 Å². The van der Waals surface area contributed by atoms with Gasteiger partial charge in [-0.05, 0) is 38.1 Å². The number of anilines is 1. The van der Waals surface area contributed by atoms with Crippen molar-refractivity contribution in [1.29, 1.82) is 0 Å². The first-order chi connectivity index (χ1) is 17.0. The van der Waals surface area contributed by atoms with Crippen molar-refractivity contribution in [3.8, 4) is 16.9 Å². The number of amides is 1. The highest BCUT2D eigenvalue weighted by atomic mass is 32.2. The van der Waals surface area contributed by atoms with Crippen LogP contribution < -0.4 is 10.9 Å². The van der Waals surface area contributed by atoms with Crippen LogP contribution >= 0.6 is 23.1 Å². The van der Waals surface area contributed by atoms with Crippen LogP contribution in [0.4, 0.5) is 5.13 Å². The predicted octanol–water partition coefficient (Wildman–Crippen LogP) is 5.94. The van der Waals surface area contributed by atoms with Gasteiger partial charge in [-0.2, -0.15) is 0 Å². The zero-order chi connectivity index (χ0) is 24.4. The second kappa shape index (κ2) is 9.85. The maximum absolute atomic E-state index is 13.4. The number of para-hydroxylation sites is 1. The van der Waals surface area contributed by atoms with Crippen LogP contribution in [0.25, 0.3) is 27.8 Å². The smallest absolute Gasteiger partial charge is 0.266 e. The molecule has 0 aliphatic carbocycles. The topological polar surface area (TPSA) is 76.9 Å². The fourth-order valence-corrected chi connectivity index (χ4v) is 5.25. The lowest BCUT2D eigenvalue weighted by molar-refractivity contribution is -0.115. The monoisotopic (exact) mass is 498 g/mol. The van der Waals surface area contributed by atoms with Crippen molar-refractivity contribution in [2.45, 2.75) is 24.3 Å². The minimum Gasteiger partial charge on any atom is -0.301 e. The van der Waals surface area contributed by atoms with E-state index in [9.17, 15) is 9.59 Å². The van der Waals surface area contributed by atoms with Crippen LogP contribution in [0.2, 0.25) is 0 Å². The molecule has 6 nitrogen and oxygen atoms in total. The summed E-state index contributed by atoms with van der Waals surface area (Å²) in [5, 5.41) is 5.84. The summed E-state index contributed by atoms with van der Waals surface area (Å²) in [6.45, 7) is 3.79. The minimum atomic E-state index is -0.510. The molecule has 0 unspecified atom stereocenters. The molecule has 0 fully saturated rings. The lowest BCUT2D eigenvalue weighted by Gasteiger charge is -2.16. The average Bonchev–Trinajstić information content (AvgIpc) is 3.34. The Kier molecular flexibility index (Phi) is 6.48. The maximum Gasteiger partial charge on any atom is 0.266 e. The number of benzene rings is 3. The molecule has 0 bridgehead atoms. The molecule has 2 aromatic heterocycles. The minimum absolute atomic E-state index is 0.165. The van der Waals surface area contributed by atoms with Crippen LogP contribution in [-0.2, 0) is 4.79 Å². The summed E-state index contributed by atoms with van der Waals surface area (Å²) in [5.74, 6) is -0.207. The van der Waals surface area contributed by atoms with E-state index in [4.69, 9.17) is 4.98 Å². The number of aryl methyl sites for hydroxylation is 1. The second-order valence-electron chi connectivity index (χ2n) is 8.04. The van der Waals surface area contributed by atoms with E-state index in [1.807, 2.05) is 85.1 Å². The van der Waals surface area contributed by atoms with E-state index >= 15 is 0 Å². The highest BCUT2D eigenvalue weighted by Crippen LogP contribution is 2.28. The molecule has 0 saturated heterocycles. The third kappa shape index (κ3) is 4.89. The summed E-state index contributed by atoms with van der Waals surface area (Å²) in [5.41, 5.74) is 4.05. The number of rotatable bonds is 6. The first kappa shape index (κ1) is 23.0. The molecule has 174 valence electrons. The van der Waals surface area contributed by atoms with E-state index in [-0.39, 0.29) is 11.5 Å². The van der Waals surface area contributed by atoms with Crippen molar-refractivity contribution < 1.29 is 4.79 Å². The number of hydrogen-bond acceptors (Lipinski definition) is 6. The molecule has 35 heavy (non-hydrogen) atoms. The lowest BCUT2D eigenvalue weighted by Crippen LogP contribution is -2.26. The largest absolute Gasteiger partial charge is 0.301 e. The molecule has 1 amide bonds. The standard InChI is InChI=1S/C27H22N4O2S2/c1-17-12-14-20(15-13-17)31-25(33)21-10-6-7-11-22(21)29-27(31)35-18(2)24(32)30-26-28-23(16-34-26)19-8-4-3-5-9-19/h3-16,18H,1-2H3,(H,28,30,32)/t18-/m1/s1. The summed E-state index contributed by atoms with van der Waals surface area (Å²) in [6.07, 6.45) is 0. The average molecular weight is 499 g/mol. The van der Waals surface area contributed by atoms with Gasteiger partial charge >= 0.3 is 0 Å². The Morgan fingerprint density at radius 2 is 1.69 bits per heavy atom. The molecular formula is C27H22N4O2S2. The Hall–Kier alpha value is -3.75. The molecular weight excluding hydrogens is 476 g/mol. The lowest BCUT2D eigenvalue weighted by atomic mass is 10.2. The van der Waals surface area contributed by atoms with Crippen molar-refractivity contribution in [3.05, 3.63) is 100 Å². The first-order valence-corrected chi connectivity index (χ1v) is 12.8. The third-order valence-corrected chi connectivity index (χ3v) is 7.30. The number of nitrogens with one attached hydrogen (secondary N) is 1. The van der Waals surface area contributed by atoms with Gasteiger partial charge in [0.2, 0.25) is 5.91 Å². The summed E-state index contributed by atoms with van der Waals surface area (Å²) in [6, 6.07) is 24.8. The van der Waals surface area contributed by atoms with Gasteiger partial charge < -0.3 is 5.32 Å². The highest BCUT2D eigenvalue weighted by molar-refractivity contribution is 8.00. The van der Waals surface area contributed by atoms with Gasteiger partial charge in [0, 0.05) is 10.9 Å². The highest BCUT2D eigenvalue weighted by Gasteiger charge is 2.21. The number of thioether (sulfide) groups is 1. The van der Waals surface area contributed by atoms with Gasteiger partial charge in [-0.3, -0.25) is 14.2 Å². The van der Waals surface area contributed by atoms with Crippen LogP contribution in [0, 0.1) is 6.92 Å². The Balaban J connectivity index is 1.43. The maximum atomic E-state index is 13.4. The van der Waals surface area contributed by atoms with E-state index in [1.165, 1.54) is 23.1 Å². The number of thiazole rings is 1. The van der Waals surface area contributed by atoms with Gasteiger partial charge in [-0.25, -0.2) is 9.97 Å². The van der Waals surface area contributed by atoms with E-state index in [0.717, 1.165) is 16.8 Å². The summed E-state index contributed by atoms with van der Waals surface area (Å²) in [4.78, 5) is 35.7. The van der Waals surface area contributed by atoms with Crippen LogP contribution in [-0.4, -0.2) is 25.7 Å². The first-order valence-electron chi connectivity index (χ1n) is 11.1. The molecule has 5 rings (SSSR count). The predicted molar refractivity (Wildman–Crippen MR) is 144 cm³/mol. The molecule has 0 spiro atoms. The van der Waals surface area contributed by atoms with Gasteiger partial charge in [0.25, 0.3) is 5.56 Å². The summed E-state index contributed by atoms with van der Waals surface area (Å²) < 4.78 is 1.58. The van der Waals surface area contributed by atoms with Crippen molar-refractivity contribution in [3.63, 3.8) is 0 Å². The summed E-state index contributed by atoms with van der Waals surface area (Å²) in [7, 11) is 0. The number of fused-ring (bicyclic) bond motifs is 1. The van der Waals surface area contributed by atoms with E-state index in [0.29, 0.717) is 26.9 Å². The van der Waals surface area contributed by atoms with E-state index in [2.05, 4.69) is 10.3 Å². The molecule has 2 heterocycles. The molecule has 0 saturated carbocycles. The number of aromatic nitrogens is 3. The van der Waals surface area contributed by atoms with Crippen LogP contribution in [0.3, 0.4) is 0 Å². The van der Waals surface area contributed by atoms with Crippen molar-refractivity contribution in [2.24, 2.45) is 0 Å². The Bertz CT molecular complexity index is 1560. The van der Waals surface area contributed by atoms with E-state index < -0.39 is 5.25 Å². The summed E-state index contributed by atoms with van der Waals surface area (Å²) >= 11 is 2.62. The molecule has 5 aromatic rings. The fourth-order valence-electron chi connectivity index (χ4n) is 3.60. The normalized spacial score (nSPS) is 11.9. The number of carbonyl (C=O) groups is 1. The van der Waals surface area contributed by atoms with Gasteiger partial charge in [-0.15, -0.1) is 11.3 Å². The quantitative estimate of drug-likeness (QED) is 0.232. The van der Waals surface area contributed by atoms with Gasteiger partial charge in [-0.1, -0.05) is 71.9 Å². The van der Waals surface area contributed by atoms with Gasteiger partial charge in [0.05, 0.1) is 27.5 Å². The molecule has 0 radical (unpaired) electrons. The molecule has 0 aliphatic rings. The van der Waals surface area contributed by atoms with Crippen molar-refractivity contribution in [2.75, 3.05) is 5.32 Å². The molecule has 1 atom stereocenters. The van der Waals surface area contributed by atoms with E-state index in [1.54, 1.807) is 17.6 Å².